The first-order valence-electron chi connectivity index (χ1n) is 7.43. The van der Waals surface area contributed by atoms with Crippen molar-refractivity contribution in [1.29, 1.82) is 0 Å². The normalized spacial score (nSPS) is 19.1. The molecule has 0 radical (unpaired) electrons. The number of pyridine rings is 1. The monoisotopic (exact) mass is 291 g/mol. The van der Waals surface area contributed by atoms with Gasteiger partial charge in [0.2, 0.25) is 0 Å². The van der Waals surface area contributed by atoms with Crippen LogP contribution in [0.4, 0.5) is 4.79 Å². The van der Waals surface area contributed by atoms with Gasteiger partial charge in [-0.2, -0.15) is 0 Å². The predicted octanol–water partition coefficient (Wildman–Crippen LogP) is 2.52. The van der Waals surface area contributed by atoms with Crippen LogP contribution in [0.2, 0.25) is 0 Å². The van der Waals surface area contributed by atoms with Gasteiger partial charge in [-0.05, 0) is 46.4 Å². The number of likely N-dealkylation sites (N-methyl/N-ethyl adjacent to an activating group) is 1. The Hall–Kier alpha value is -1.62. The number of carbonyl (C=O) groups is 1. The quantitative estimate of drug-likeness (QED) is 0.858. The van der Waals surface area contributed by atoms with Crippen LogP contribution in [-0.2, 0) is 11.3 Å². The van der Waals surface area contributed by atoms with Gasteiger partial charge in [0, 0.05) is 31.9 Å². The molecule has 0 saturated carbocycles. The Kier molecular flexibility index (Phi) is 4.83. The van der Waals surface area contributed by atoms with Crippen LogP contribution in [0.5, 0.6) is 0 Å². The fraction of sp³-hybridized carbons (Fsp3) is 0.625. The molecule has 5 heteroatoms. The summed E-state index contributed by atoms with van der Waals surface area (Å²) in [5, 5.41) is 0. The van der Waals surface area contributed by atoms with E-state index in [4.69, 9.17) is 4.74 Å². The maximum absolute atomic E-state index is 12.1. The molecular formula is C16H25N3O2. The van der Waals surface area contributed by atoms with Crippen molar-refractivity contribution in [3.8, 4) is 0 Å². The molecule has 0 bridgehead atoms. The van der Waals surface area contributed by atoms with Crippen molar-refractivity contribution in [2.75, 3.05) is 20.1 Å². The first-order chi connectivity index (χ1) is 9.85. The molecule has 1 aromatic heterocycles. The van der Waals surface area contributed by atoms with E-state index in [1.165, 1.54) is 0 Å². The molecule has 1 atom stereocenters. The number of likely N-dealkylation sites (tertiary alicyclic amines) is 1. The third-order valence-corrected chi connectivity index (χ3v) is 3.58. The van der Waals surface area contributed by atoms with E-state index in [2.05, 4.69) is 16.9 Å². The van der Waals surface area contributed by atoms with E-state index >= 15 is 0 Å². The Balaban J connectivity index is 1.86. The number of hydrogen-bond donors (Lipinski definition) is 0. The fourth-order valence-electron chi connectivity index (χ4n) is 2.47. The van der Waals surface area contributed by atoms with Gasteiger partial charge < -0.3 is 9.64 Å². The number of aromatic nitrogens is 1. The summed E-state index contributed by atoms with van der Waals surface area (Å²) in [6.07, 6.45) is 2.57. The topological polar surface area (TPSA) is 45.7 Å². The molecule has 1 aliphatic rings. The van der Waals surface area contributed by atoms with Gasteiger partial charge in [-0.15, -0.1) is 0 Å². The number of nitrogens with zero attached hydrogens (tertiary/aromatic N) is 3. The molecule has 0 aromatic carbocycles. The van der Waals surface area contributed by atoms with Crippen LogP contribution in [-0.4, -0.2) is 52.7 Å². The summed E-state index contributed by atoms with van der Waals surface area (Å²) in [5.74, 6) is 0. The van der Waals surface area contributed by atoms with E-state index in [1.54, 1.807) is 4.90 Å². The SMILES string of the molecule is CN(Cc1ccccn1)C1CCN(C(=O)OC(C)(C)C)C1. The molecular weight excluding hydrogens is 266 g/mol. The predicted molar refractivity (Wildman–Crippen MR) is 81.9 cm³/mol. The lowest BCUT2D eigenvalue weighted by Gasteiger charge is -2.26. The molecule has 116 valence electrons. The molecule has 1 unspecified atom stereocenters. The summed E-state index contributed by atoms with van der Waals surface area (Å²) in [6.45, 7) is 7.96. The Labute approximate surface area is 126 Å². The molecule has 0 N–H and O–H groups in total. The van der Waals surface area contributed by atoms with Crippen molar-refractivity contribution >= 4 is 6.09 Å². The molecule has 2 rings (SSSR count). The smallest absolute Gasteiger partial charge is 0.410 e. The Bertz CT molecular complexity index is 470. The van der Waals surface area contributed by atoms with Gasteiger partial charge in [-0.25, -0.2) is 4.79 Å². The molecule has 21 heavy (non-hydrogen) atoms. The van der Waals surface area contributed by atoms with Crippen molar-refractivity contribution in [3.05, 3.63) is 30.1 Å². The van der Waals surface area contributed by atoms with Gasteiger partial charge in [0.1, 0.15) is 5.60 Å². The zero-order valence-corrected chi connectivity index (χ0v) is 13.4. The molecule has 5 nitrogen and oxygen atoms in total. The highest BCUT2D eigenvalue weighted by Gasteiger charge is 2.31. The van der Waals surface area contributed by atoms with Gasteiger partial charge in [-0.1, -0.05) is 6.07 Å². The number of carbonyl (C=O) groups excluding carboxylic acids is 1. The average Bonchev–Trinajstić information content (AvgIpc) is 2.87. The number of amides is 1. The highest BCUT2D eigenvalue weighted by Crippen LogP contribution is 2.19. The average molecular weight is 291 g/mol. The minimum absolute atomic E-state index is 0.212. The lowest BCUT2D eigenvalue weighted by Crippen LogP contribution is -2.38. The number of rotatable bonds is 3. The van der Waals surface area contributed by atoms with E-state index in [0.717, 1.165) is 31.7 Å². The van der Waals surface area contributed by atoms with E-state index in [-0.39, 0.29) is 6.09 Å². The molecule has 1 fully saturated rings. The summed E-state index contributed by atoms with van der Waals surface area (Å²) >= 11 is 0. The lowest BCUT2D eigenvalue weighted by molar-refractivity contribution is 0.0282. The zero-order chi connectivity index (χ0) is 15.5. The van der Waals surface area contributed by atoms with E-state index in [9.17, 15) is 4.79 Å². The highest BCUT2D eigenvalue weighted by molar-refractivity contribution is 5.68. The number of ether oxygens (including phenoxy) is 1. The van der Waals surface area contributed by atoms with Crippen molar-refractivity contribution in [3.63, 3.8) is 0 Å². The van der Waals surface area contributed by atoms with Gasteiger partial charge in [0.05, 0.1) is 5.69 Å². The second-order valence-electron chi connectivity index (χ2n) is 6.61. The second kappa shape index (κ2) is 6.43. The van der Waals surface area contributed by atoms with Crippen molar-refractivity contribution in [2.45, 2.75) is 45.4 Å². The van der Waals surface area contributed by atoms with Gasteiger partial charge in [-0.3, -0.25) is 9.88 Å². The largest absolute Gasteiger partial charge is 0.444 e. The Morgan fingerprint density at radius 2 is 2.24 bits per heavy atom. The molecule has 0 aliphatic carbocycles. The van der Waals surface area contributed by atoms with Crippen LogP contribution >= 0.6 is 0 Å². The molecule has 1 saturated heterocycles. The maximum Gasteiger partial charge on any atom is 0.410 e. The Morgan fingerprint density at radius 1 is 1.48 bits per heavy atom. The zero-order valence-electron chi connectivity index (χ0n) is 13.4. The van der Waals surface area contributed by atoms with Crippen LogP contribution in [0.3, 0.4) is 0 Å². The summed E-state index contributed by atoms with van der Waals surface area (Å²) in [7, 11) is 2.08. The fourth-order valence-corrected chi connectivity index (χ4v) is 2.47. The van der Waals surface area contributed by atoms with Gasteiger partial charge in [0.15, 0.2) is 0 Å². The minimum atomic E-state index is -0.435. The summed E-state index contributed by atoms with van der Waals surface area (Å²) in [5.41, 5.74) is 0.616. The molecule has 1 aliphatic heterocycles. The van der Waals surface area contributed by atoms with Gasteiger partial charge in [0.25, 0.3) is 0 Å². The van der Waals surface area contributed by atoms with Crippen molar-refractivity contribution < 1.29 is 9.53 Å². The summed E-state index contributed by atoms with van der Waals surface area (Å²) < 4.78 is 5.42. The number of hydrogen-bond acceptors (Lipinski definition) is 4. The standard InChI is InChI=1S/C16H25N3O2/c1-16(2,3)21-15(20)19-10-8-14(12-19)18(4)11-13-7-5-6-9-17-13/h5-7,9,14H,8,10-12H2,1-4H3. The van der Waals surface area contributed by atoms with E-state index < -0.39 is 5.60 Å². The summed E-state index contributed by atoms with van der Waals surface area (Å²) in [4.78, 5) is 20.5. The first-order valence-corrected chi connectivity index (χ1v) is 7.43. The van der Waals surface area contributed by atoms with Gasteiger partial charge >= 0.3 is 6.09 Å². The van der Waals surface area contributed by atoms with Crippen molar-refractivity contribution in [2.24, 2.45) is 0 Å². The first kappa shape index (κ1) is 15.8. The molecule has 1 aromatic rings. The summed E-state index contributed by atoms with van der Waals surface area (Å²) in [6, 6.07) is 6.30. The van der Waals surface area contributed by atoms with E-state index in [0.29, 0.717) is 6.04 Å². The third-order valence-electron chi connectivity index (χ3n) is 3.58. The lowest BCUT2D eigenvalue weighted by atomic mass is 10.2. The third kappa shape index (κ3) is 4.70. The molecule has 1 amide bonds. The van der Waals surface area contributed by atoms with E-state index in [1.807, 2.05) is 45.2 Å². The highest BCUT2D eigenvalue weighted by atomic mass is 16.6. The van der Waals surface area contributed by atoms with Crippen LogP contribution in [0.1, 0.15) is 32.9 Å². The molecule has 0 spiro atoms. The minimum Gasteiger partial charge on any atom is -0.444 e. The Morgan fingerprint density at radius 3 is 2.86 bits per heavy atom. The van der Waals surface area contributed by atoms with Crippen LogP contribution < -0.4 is 0 Å². The maximum atomic E-state index is 12.1. The van der Waals surface area contributed by atoms with Crippen LogP contribution in [0, 0.1) is 0 Å². The molecule has 2 heterocycles. The van der Waals surface area contributed by atoms with Crippen LogP contribution in [0.25, 0.3) is 0 Å². The van der Waals surface area contributed by atoms with Crippen molar-refractivity contribution in [1.82, 2.24) is 14.8 Å². The van der Waals surface area contributed by atoms with Crippen LogP contribution in [0.15, 0.2) is 24.4 Å². The second-order valence-corrected chi connectivity index (χ2v) is 6.61.